The van der Waals surface area contributed by atoms with Crippen LogP contribution in [0.4, 0.5) is 0 Å². The van der Waals surface area contributed by atoms with E-state index in [2.05, 4.69) is 69.4 Å². The van der Waals surface area contributed by atoms with Gasteiger partial charge in [0.1, 0.15) is 12.7 Å². The molecule has 0 fully saturated rings. The van der Waals surface area contributed by atoms with Crippen molar-refractivity contribution >= 4 is 11.9 Å². The average molecular weight is 629 g/mol. The molecule has 0 aliphatic heterocycles. The van der Waals surface area contributed by atoms with Crippen molar-refractivity contribution < 1.29 is 19.1 Å². The van der Waals surface area contributed by atoms with Gasteiger partial charge in [-0.2, -0.15) is 0 Å². The molecule has 0 radical (unpaired) electrons. The third kappa shape index (κ3) is 34.6. The van der Waals surface area contributed by atoms with Crippen LogP contribution in [-0.2, 0) is 19.1 Å². The van der Waals surface area contributed by atoms with Crippen LogP contribution in [0.3, 0.4) is 0 Å². The number of carbonyl (C=O) groups excluding carboxylic acids is 2. The van der Waals surface area contributed by atoms with Crippen LogP contribution in [0.15, 0.2) is 48.6 Å². The van der Waals surface area contributed by atoms with E-state index in [4.69, 9.17) is 9.47 Å². The third-order valence-electron chi connectivity index (χ3n) is 7.96. The zero-order valence-electron chi connectivity index (χ0n) is 29.9. The Morgan fingerprint density at radius 1 is 0.467 bits per heavy atom. The van der Waals surface area contributed by atoms with E-state index in [-0.39, 0.29) is 24.6 Å². The third-order valence-corrected chi connectivity index (χ3v) is 7.96. The second kappa shape index (κ2) is 36.4. The summed E-state index contributed by atoms with van der Waals surface area (Å²) in [6.45, 7) is 6.61. The Hall–Kier alpha value is -2.10. The van der Waals surface area contributed by atoms with Gasteiger partial charge in [-0.15, -0.1) is 0 Å². The van der Waals surface area contributed by atoms with Gasteiger partial charge in [-0.3, -0.25) is 9.59 Å². The number of ether oxygens (including phenoxy) is 2. The molecule has 0 N–H and O–H groups in total. The van der Waals surface area contributed by atoms with Crippen molar-refractivity contribution in [1.82, 2.24) is 0 Å². The second-order valence-corrected chi connectivity index (χ2v) is 12.5. The molecule has 0 bridgehead atoms. The summed E-state index contributed by atoms with van der Waals surface area (Å²) in [6.07, 6.45) is 46.2. The van der Waals surface area contributed by atoms with Crippen LogP contribution < -0.4 is 0 Å². The summed E-state index contributed by atoms with van der Waals surface area (Å²) in [5.41, 5.74) is 0. The van der Waals surface area contributed by atoms with Crippen LogP contribution in [-0.4, -0.2) is 24.6 Å². The molecule has 260 valence electrons. The van der Waals surface area contributed by atoms with E-state index in [1.165, 1.54) is 77.0 Å². The molecule has 0 saturated heterocycles. The minimum absolute atomic E-state index is 0.160. The van der Waals surface area contributed by atoms with Gasteiger partial charge >= 0.3 is 11.9 Å². The van der Waals surface area contributed by atoms with Crippen LogP contribution in [0, 0.1) is 0 Å². The van der Waals surface area contributed by atoms with Gasteiger partial charge < -0.3 is 9.47 Å². The molecule has 0 amide bonds. The molecular weight excluding hydrogens is 556 g/mol. The first kappa shape index (κ1) is 42.9. The average Bonchev–Trinajstić information content (AvgIpc) is 3.03. The number of hydrogen-bond acceptors (Lipinski definition) is 4. The summed E-state index contributed by atoms with van der Waals surface area (Å²) in [7, 11) is 0. The van der Waals surface area contributed by atoms with Gasteiger partial charge in [0.15, 0.2) is 0 Å². The minimum atomic E-state index is -0.322. The van der Waals surface area contributed by atoms with Gasteiger partial charge in [0.25, 0.3) is 0 Å². The molecule has 4 nitrogen and oxygen atoms in total. The Morgan fingerprint density at radius 3 is 1.24 bits per heavy atom. The Balaban J connectivity index is 3.71. The predicted molar refractivity (Wildman–Crippen MR) is 194 cm³/mol. The van der Waals surface area contributed by atoms with Crippen molar-refractivity contribution in [2.24, 2.45) is 0 Å². The molecule has 0 aliphatic carbocycles. The molecule has 1 atom stereocenters. The Bertz CT molecular complexity index is 763. The van der Waals surface area contributed by atoms with Gasteiger partial charge in [-0.1, -0.05) is 114 Å². The van der Waals surface area contributed by atoms with E-state index in [9.17, 15) is 9.59 Å². The van der Waals surface area contributed by atoms with E-state index >= 15 is 0 Å². The Kier molecular flexibility index (Phi) is 34.7. The lowest BCUT2D eigenvalue weighted by atomic mass is 10.1. The fraction of sp³-hybridized carbons (Fsp3) is 0.756. The second-order valence-electron chi connectivity index (χ2n) is 12.5. The van der Waals surface area contributed by atoms with E-state index < -0.39 is 0 Å². The van der Waals surface area contributed by atoms with E-state index in [0.717, 1.165) is 77.0 Å². The maximum absolute atomic E-state index is 12.4. The fourth-order valence-corrected chi connectivity index (χ4v) is 5.21. The molecule has 0 heterocycles. The highest BCUT2D eigenvalue weighted by molar-refractivity contribution is 5.70. The molecule has 0 aliphatic rings. The number of rotatable bonds is 33. The topological polar surface area (TPSA) is 52.6 Å². The van der Waals surface area contributed by atoms with Crippen molar-refractivity contribution in [2.45, 2.75) is 194 Å². The summed E-state index contributed by atoms with van der Waals surface area (Å²) in [6, 6.07) is 0. The van der Waals surface area contributed by atoms with Crippen molar-refractivity contribution in [3.8, 4) is 0 Å². The lowest BCUT2D eigenvalue weighted by Crippen LogP contribution is -2.25. The Morgan fingerprint density at radius 2 is 0.822 bits per heavy atom. The molecule has 45 heavy (non-hydrogen) atoms. The van der Waals surface area contributed by atoms with Gasteiger partial charge in [0.2, 0.25) is 0 Å². The smallest absolute Gasteiger partial charge is 0.306 e. The summed E-state index contributed by atoms with van der Waals surface area (Å²) >= 11 is 0. The first-order valence-electron chi connectivity index (χ1n) is 19.1. The number of carbonyl (C=O) groups is 2. The van der Waals surface area contributed by atoms with Crippen LogP contribution in [0.5, 0.6) is 0 Å². The van der Waals surface area contributed by atoms with E-state index in [1.54, 1.807) is 0 Å². The van der Waals surface area contributed by atoms with Gasteiger partial charge in [0.05, 0.1) is 0 Å². The van der Waals surface area contributed by atoms with Crippen molar-refractivity contribution in [1.29, 1.82) is 0 Å². The summed E-state index contributed by atoms with van der Waals surface area (Å²) in [4.78, 5) is 24.6. The lowest BCUT2D eigenvalue weighted by Gasteiger charge is -2.17. The summed E-state index contributed by atoms with van der Waals surface area (Å²) in [5.74, 6) is -0.331. The number of esters is 2. The zero-order chi connectivity index (χ0) is 32.9. The van der Waals surface area contributed by atoms with Crippen molar-refractivity contribution in [2.75, 3.05) is 6.61 Å². The normalized spacial score (nSPS) is 12.7. The lowest BCUT2D eigenvalue weighted by molar-refractivity contribution is -0.159. The monoisotopic (exact) mass is 629 g/mol. The maximum atomic E-state index is 12.4. The van der Waals surface area contributed by atoms with Crippen molar-refractivity contribution in [3.63, 3.8) is 0 Å². The quantitative estimate of drug-likeness (QED) is 0.0412. The summed E-state index contributed by atoms with van der Waals surface area (Å²) < 4.78 is 11.1. The predicted octanol–water partition coefficient (Wildman–Crippen LogP) is 12.9. The molecule has 0 aromatic rings. The first-order valence-corrected chi connectivity index (χ1v) is 19.1. The molecule has 0 aromatic heterocycles. The molecule has 0 rings (SSSR count). The maximum Gasteiger partial charge on any atom is 0.306 e. The molecular formula is C41H72O4. The van der Waals surface area contributed by atoms with E-state index in [0.29, 0.717) is 12.8 Å². The van der Waals surface area contributed by atoms with Crippen molar-refractivity contribution in [3.05, 3.63) is 48.6 Å². The zero-order valence-corrected chi connectivity index (χ0v) is 29.9. The molecule has 0 aromatic carbocycles. The highest BCUT2D eigenvalue weighted by Gasteiger charge is 2.16. The molecule has 4 heteroatoms. The fourth-order valence-electron chi connectivity index (χ4n) is 5.21. The number of allylic oxidation sites excluding steroid dienone is 8. The summed E-state index contributed by atoms with van der Waals surface area (Å²) in [5, 5.41) is 0. The molecule has 0 unspecified atom stereocenters. The molecule has 0 spiro atoms. The number of unbranched alkanes of at least 4 members (excludes halogenated alkanes) is 16. The first-order chi connectivity index (χ1) is 22.1. The SMILES string of the molecule is CC/C=C\CCCC/C=C\CCCCCCCC(=O)OC[C@H](CCC)OC(=O)CCCCCCC/C=C\CCCC/C=C\CC. The van der Waals surface area contributed by atoms with Crippen LogP contribution >= 0.6 is 0 Å². The number of hydrogen-bond donors (Lipinski definition) is 0. The van der Waals surface area contributed by atoms with Gasteiger partial charge in [-0.25, -0.2) is 0 Å². The highest BCUT2D eigenvalue weighted by Crippen LogP contribution is 2.13. The van der Waals surface area contributed by atoms with Crippen LogP contribution in [0.25, 0.3) is 0 Å². The standard InChI is InChI=1S/C41H72O4/c1-4-7-9-11-13-15-17-19-21-23-25-27-29-31-33-36-40(42)44-38-39(35-6-3)45-41(43)37-34-32-30-28-26-24-22-20-18-16-14-12-10-8-5-2/h7-10,19-22,39H,4-6,11-18,23-38H2,1-3H3/b9-7-,10-8-,21-19-,22-20-/t39-/m0/s1. The Labute approximate surface area is 279 Å². The van der Waals surface area contributed by atoms with Gasteiger partial charge in [-0.05, 0) is 109 Å². The minimum Gasteiger partial charge on any atom is -0.462 e. The highest BCUT2D eigenvalue weighted by atomic mass is 16.6. The van der Waals surface area contributed by atoms with Crippen LogP contribution in [0.2, 0.25) is 0 Å². The van der Waals surface area contributed by atoms with Gasteiger partial charge in [0, 0.05) is 12.8 Å². The largest absolute Gasteiger partial charge is 0.462 e. The van der Waals surface area contributed by atoms with Crippen LogP contribution in [0.1, 0.15) is 188 Å². The molecule has 0 saturated carbocycles. The van der Waals surface area contributed by atoms with E-state index in [1.807, 2.05) is 0 Å².